The van der Waals surface area contributed by atoms with Crippen molar-refractivity contribution < 1.29 is 13.2 Å². The predicted octanol–water partition coefficient (Wildman–Crippen LogP) is 0.595. The van der Waals surface area contributed by atoms with Gasteiger partial charge >= 0.3 is 0 Å². The SMILES string of the molecule is O=c1[nH]ncc(N2CC[C@@H](Oc3cc(N4CCN(S(=O)(=O)NC5CC5)CC4)ccn3)C2)c1Cl. The van der Waals surface area contributed by atoms with Gasteiger partial charge < -0.3 is 14.5 Å². The van der Waals surface area contributed by atoms with E-state index in [4.69, 9.17) is 16.3 Å². The van der Waals surface area contributed by atoms with Crippen molar-refractivity contribution in [1.29, 1.82) is 0 Å². The van der Waals surface area contributed by atoms with Gasteiger partial charge in [0.15, 0.2) is 0 Å². The van der Waals surface area contributed by atoms with Crippen LogP contribution < -0.4 is 24.8 Å². The highest BCUT2D eigenvalue weighted by Crippen LogP contribution is 2.28. The van der Waals surface area contributed by atoms with Crippen molar-refractivity contribution in [2.24, 2.45) is 0 Å². The second-order valence-electron chi connectivity index (χ2n) is 8.51. The fourth-order valence-corrected chi connectivity index (χ4v) is 5.80. The maximum absolute atomic E-state index is 12.4. The van der Waals surface area contributed by atoms with Gasteiger partial charge in [0, 0.05) is 63.1 Å². The van der Waals surface area contributed by atoms with Crippen LogP contribution in [0.1, 0.15) is 19.3 Å². The van der Waals surface area contributed by atoms with Gasteiger partial charge in [0.1, 0.15) is 11.1 Å². The Bertz CT molecular complexity index is 1160. The summed E-state index contributed by atoms with van der Waals surface area (Å²) in [5, 5.41) is 6.28. The highest BCUT2D eigenvalue weighted by atomic mass is 35.5. The molecule has 33 heavy (non-hydrogen) atoms. The Morgan fingerprint density at radius 1 is 1.12 bits per heavy atom. The smallest absolute Gasteiger partial charge is 0.285 e. The van der Waals surface area contributed by atoms with Crippen molar-refractivity contribution in [3.8, 4) is 5.88 Å². The molecule has 2 aromatic heterocycles. The van der Waals surface area contributed by atoms with Crippen LogP contribution in [-0.2, 0) is 10.2 Å². The minimum absolute atomic E-state index is 0.0985. The molecule has 3 aliphatic rings. The van der Waals surface area contributed by atoms with Gasteiger partial charge in [-0.1, -0.05) is 11.6 Å². The second-order valence-corrected chi connectivity index (χ2v) is 10.6. The van der Waals surface area contributed by atoms with Crippen LogP contribution in [0, 0.1) is 0 Å². The lowest BCUT2D eigenvalue weighted by Crippen LogP contribution is -2.52. The fourth-order valence-electron chi connectivity index (χ4n) is 4.14. The highest BCUT2D eigenvalue weighted by molar-refractivity contribution is 7.87. The Kier molecular flexibility index (Phi) is 6.16. The maximum atomic E-state index is 12.4. The molecule has 0 radical (unpaired) electrons. The van der Waals surface area contributed by atoms with E-state index in [2.05, 4.69) is 24.8 Å². The normalized spacial score (nSPS) is 22.0. The van der Waals surface area contributed by atoms with E-state index < -0.39 is 15.8 Å². The van der Waals surface area contributed by atoms with Crippen molar-refractivity contribution in [3.05, 3.63) is 39.9 Å². The summed E-state index contributed by atoms with van der Waals surface area (Å²) < 4.78 is 35.2. The molecule has 13 heteroatoms. The van der Waals surface area contributed by atoms with Crippen molar-refractivity contribution in [3.63, 3.8) is 0 Å². The Morgan fingerprint density at radius 2 is 1.91 bits per heavy atom. The van der Waals surface area contributed by atoms with Gasteiger partial charge in [-0.15, -0.1) is 0 Å². The van der Waals surface area contributed by atoms with E-state index in [-0.39, 0.29) is 17.2 Å². The molecule has 1 atom stereocenters. The molecule has 0 amide bonds. The molecule has 2 aliphatic heterocycles. The van der Waals surface area contributed by atoms with E-state index in [1.165, 1.54) is 4.31 Å². The molecule has 2 saturated heterocycles. The minimum Gasteiger partial charge on any atom is -0.472 e. The molecule has 0 spiro atoms. The van der Waals surface area contributed by atoms with Crippen LogP contribution in [-0.4, -0.2) is 79.3 Å². The number of pyridine rings is 1. The molecule has 0 aromatic carbocycles. The van der Waals surface area contributed by atoms with Gasteiger partial charge in [-0.05, 0) is 18.9 Å². The molecule has 0 unspecified atom stereocenters. The summed E-state index contributed by atoms with van der Waals surface area (Å²) in [4.78, 5) is 20.2. The zero-order valence-corrected chi connectivity index (χ0v) is 19.6. The zero-order valence-electron chi connectivity index (χ0n) is 18.0. The lowest BCUT2D eigenvalue weighted by Gasteiger charge is -2.35. The number of hydrogen-bond donors (Lipinski definition) is 2. The number of nitrogens with zero attached hydrogens (tertiary/aromatic N) is 5. The number of hydrogen-bond acceptors (Lipinski definition) is 8. The van der Waals surface area contributed by atoms with Crippen LogP contribution in [0.25, 0.3) is 0 Å². The molecule has 2 aromatic rings. The van der Waals surface area contributed by atoms with Crippen LogP contribution in [0.2, 0.25) is 5.02 Å². The standard InChI is InChI=1S/C20H26ClN7O4S/c21-19-17(12-23-24-20(19)29)27-6-4-16(13-27)32-18-11-15(3-5-22-18)26-7-9-28(10-8-26)33(30,31)25-14-1-2-14/h3,5,11-12,14,16,25H,1-2,4,6-10,13H2,(H,24,29)/t16-/m1/s1. The number of piperazine rings is 1. The Morgan fingerprint density at radius 3 is 2.67 bits per heavy atom. The summed E-state index contributed by atoms with van der Waals surface area (Å²) in [6, 6.07) is 3.90. The van der Waals surface area contributed by atoms with Crippen LogP contribution >= 0.6 is 11.6 Å². The number of nitrogens with one attached hydrogen (secondary N) is 2. The molecule has 178 valence electrons. The van der Waals surface area contributed by atoms with Crippen LogP contribution in [0.5, 0.6) is 5.88 Å². The van der Waals surface area contributed by atoms with E-state index in [0.717, 1.165) is 24.9 Å². The maximum Gasteiger partial charge on any atom is 0.285 e. The zero-order chi connectivity index (χ0) is 23.0. The summed E-state index contributed by atoms with van der Waals surface area (Å²) in [5.41, 5.74) is 1.13. The molecule has 0 bridgehead atoms. The second kappa shape index (κ2) is 9.09. The third-order valence-electron chi connectivity index (χ3n) is 6.11. The van der Waals surface area contributed by atoms with Gasteiger partial charge in [-0.2, -0.15) is 22.5 Å². The molecule has 11 nitrogen and oxygen atoms in total. The Labute approximate surface area is 196 Å². The number of ether oxygens (including phenoxy) is 1. The van der Waals surface area contributed by atoms with Gasteiger partial charge in [-0.25, -0.2) is 10.1 Å². The van der Waals surface area contributed by atoms with Gasteiger partial charge in [0.05, 0.1) is 18.4 Å². The molecular weight excluding hydrogens is 470 g/mol. The molecule has 3 fully saturated rings. The first-order valence-electron chi connectivity index (χ1n) is 11.0. The van der Waals surface area contributed by atoms with Crippen LogP contribution in [0.4, 0.5) is 11.4 Å². The third kappa shape index (κ3) is 5.08. The first-order chi connectivity index (χ1) is 15.9. The van der Waals surface area contributed by atoms with Gasteiger partial charge in [0.2, 0.25) is 5.88 Å². The van der Waals surface area contributed by atoms with E-state index in [9.17, 15) is 13.2 Å². The van der Waals surface area contributed by atoms with Crippen molar-refractivity contribution in [2.75, 3.05) is 49.1 Å². The van der Waals surface area contributed by atoms with Crippen molar-refractivity contribution >= 4 is 33.2 Å². The third-order valence-corrected chi connectivity index (χ3v) is 8.15. The van der Waals surface area contributed by atoms with Gasteiger partial charge in [0.25, 0.3) is 15.8 Å². The van der Waals surface area contributed by atoms with E-state index in [1.54, 1.807) is 12.4 Å². The first kappa shape index (κ1) is 22.4. The Balaban J connectivity index is 1.18. The summed E-state index contributed by atoms with van der Waals surface area (Å²) in [6.45, 7) is 3.33. The molecule has 1 saturated carbocycles. The van der Waals surface area contributed by atoms with Crippen molar-refractivity contribution in [1.82, 2.24) is 24.2 Å². The first-order valence-corrected chi connectivity index (χ1v) is 12.8. The summed E-state index contributed by atoms with van der Waals surface area (Å²) in [5.74, 6) is 0.514. The summed E-state index contributed by atoms with van der Waals surface area (Å²) >= 11 is 6.12. The molecule has 1 aliphatic carbocycles. The number of aromatic nitrogens is 3. The predicted molar refractivity (Wildman–Crippen MR) is 124 cm³/mol. The minimum atomic E-state index is -3.40. The molecule has 2 N–H and O–H groups in total. The van der Waals surface area contributed by atoms with E-state index in [0.29, 0.717) is 50.8 Å². The molecule has 4 heterocycles. The topological polar surface area (TPSA) is 124 Å². The number of halogens is 1. The average molecular weight is 496 g/mol. The summed E-state index contributed by atoms with van der Waals surface area (Å²) in [7, 11) is -3.40. The highest BCUT2D eigenvalue weighted by Gasteiger charge is 2.33. The lowest BCUT2D eigenvalue weighted by atomic mass is 10.3. The Hall–Kier alpha value is -2.41. The summed E-state index contributed by atoms with van der Waals surface area (Å²) in [6.07, 6.45) is 5.76. The monoisotopic (exact) mass is 495 g/mol. The largest absolute Gasteiger partial charge is 0.472 e. The molecular formula is C20H26ClN7O4S. The van der Waals surface area contributed by atoms with Crippen LogP contribution in [0.3, 0.4) is 0 Å². The fraction of sp³-hybridized carbons (Fsp3) is 0.550. The molecule has 5 rings (SSSR count). The number of anilines is 2. The van der Waals surface area contributed by atoms with Crippen molar-refractivity contribution in [2.45, 2.75) is 31.4 Å². The average Bonchev–Trinajstić information content (AvgIpc) is 3.50. The van der Waals surface area contributed by atoms with E-state index in [1.807, 2.05) is 17.0 Å². The van der Waals surface area contributed by atoms with Crippen LogP contribution in [0.15, 0.2) is 29.3 Å². The van der Waals surface area contributed by atoms with Gasteiger partial charge in [-0.3, -0.25) is 4.79 Å². The quantitative estimate of drug-likeness (QED) is 0.572. The number of aromatic amines is 1. The lowest BCUT2D eigenvalue weighted by molar-refractivity contribution is 0.216. The van der Waals surface area contributed by atoms with E-state index >= 15 is 0 Å². The number of H-pyrrole nitrogens is 1. The number of rotatable bonds is 7.